The summed E-state index contributed by atoms with van der Waals surface area (Å²) in [7, 11) is 0. The predicted octanol–water partition coefficient (Wildman–Crippen LogP) is 1.68. The molecule has 0 unspecified atom stereocenters. The number of benzene rings is 1. The van der Waals surface area contributed by atoms with Gasteiger partial charge in [-0.25, -0.2) is 0 Å². The zero-order valence-corrected chi connectivity index (χ0v) is 11.2. The lowest BCUT2D eigenvalue weighted by Gasteiger charge is -2.37. The molecule has 1 aromatic rings. The summed E-state index contributed by atoms with van der Waals surface area (Å²) >= 11 is 5.74. The van der Waals surface area contributed by atoms with Crippen LogP contribution >= 0.6 is 11.6 Å². The van der Waals surface area contributed by atoms with Crippen molar-refractivity contribution in [1.82, 2.24) is 10.2 Å². The number of hydrogen-bond acceptors (Lipinski definition) is 4. The highest BCUT2D eigenvalue weighted by Gasteiger charge is 2.31. The van der Waals surface area contributed by atoms with E-state index >= 15 is 0 Å². The second kappa shape index (κ2) is 5.54. The van der Waals surface area contributed by atoms with Crippen LogP contribution in [-0.4, -0.2) is 41.4 Å². The third kappa shape index (κ3) is 2.69. The minimum absolute atomic E-state index is 0.0863. The fraction of sp³-hybridized carbons (Fsp3) is 0.417. The van der Waals surface area contributed by atoms with E-state index in [0.717, 1.165) is 13.1 Å². The van der Waals surface area contributed by atoms with Crippen LogP contribution in [0.15, 0.2) is 18.2 Å². The van der Waals surface area contributed by atoms with Crippen molar-refractivity contribution in [1.29, 1.82) is 0 Å². The van der Waals surface area contributed by atoms with Crippen molar-refractivity contribution >= 4 is 23.2 Å². The summed E-state index contributed by atoms with van der Waals surface area (Å²) in [5, 5.41) is 14.3. The van der Waals surface area contributed by atoms with Gasteiger partial charge in [0, 0.05) is 30.7 Å². The number of hydrogen-bond donors (Lipinski definition) is 1. The molecule has 0 spiro atoms. The highest BCUT2D eigenvalue weighted by atomic mass is 35.5. The number of carbonyl (C=O) groups is 1. The van der Waals surface area contributed by atoms with Gasteiger partial charge in [0.05, 0.1) is 11.0 Å². The zero-order chi connectivity index (χ0) is 14.0. The summed E-state index contributed by atoms with van der Waals surface area (Å²) in [4.78, 5) is 24.5. The summed E-state index contributed by atoms with van der Waals surface area (Å²) in [6, 6.07) is 4.22. The molecule has 1 fully saturated rings. The SMILES string of the molecule is CCN(C(=O)c1ccc(Cl)cc1[N+](=O)[O-])C1CNC1. The second-order valence-corrected chi connectivity index (χ2v) is 4.76. The Morgan fingerprint density at radius 1 is 1.58 bits per heavy atom. The maximum absolute atomic E-state index is 12.4. The molecule has 7 heteroatoms. The molecule has 1 N–H and O–H groups in total. The number of nitro groups is 1. The molecule has 0 aromatic heterocycles. The number of carbonyl (C=O) groups excluding carboxylic acids is 1. The largest absolute Gasteiger partial charge is 0.333 e. The fourth-order valence-electron chi connectivity index (χ4n) is 2.05. The number of likely N-dealkylation sites (N-methyl/N-ethyl adjacent to an activating group) is 1. The molecular formula is C12H14ClN3O3. The molecule has 1 aliphatic heterocycles. The molecule has 0 saturated carbocycles. The number of amides is 1. The maximum Gasteiger partial charge on any atom is 0.283 e. The van der Waals surface area contributed by atoms with E-state index in [4.69, 9.17) is 11.6 Å². The Morgan fingerprint density at radius 2 is 2.26 bits per heavy atom. The van der Waals surface area contributed by atoms with Crippen molar-refractivity contribution < 1.29 is 9.72 Å². The van der Waals surface area contributed by atoms with Gasteiger partial charge in [0.25, 0.3) is 11.6 Å². The smallest absolute Gasteiger partial charge is 0.283 e. The van der Waals surface area contributed by atoms with Crippen LogP contribution in [0.5, 0.6) is 0 Å². The Kier molecular flexibility index (Phi) is 4.01. The molecule has 1 saturated heterocycles. The van der Waals surface area contributed by atoms with Gasteiger partial charge < -0.3 is 10.2 Å². The first-order valence-corrected chi connectivity index (χ1v) is 6.38. The van der Waals surface area contributed by atoms with Crippen LogP contribution in [0.1, 0.15) is 17.3 Å². The maximum atomic E-state index is 12.4. The van der Waals surface area contributed by atoms with Crippen molar-refractivity contribution in [3.63, 3.8) is 0 Å². The van der Waals surface area contributed by atoms with Gasteiger partial charge in [0.15, 0.2) is 0 Å². The van der Waals surface area contributed by atoms with Crippen molar-refractivity contribution in [3.05, 3.63) is 38.9 Å². The standard InChI is InChI=1S/C12H14ClN3O3/c1-2-15(9-6-14-7-9)12(17)10-4-3-8(13)5-11(10)16(18)19/h3-5,9,14H,2,6-7H2,1H3. The van der Waals surface area contributed by atoms with Gasteiger partial charge in [-0.3, -0.25) is 14.9 Å². The van der Waals surface area contributed by atoms with E-state index in [1.165, 1.54) is 18.2 Å². The third-order valence-corrected chi connectivity index (χ3v) is 3.42. The highest BCUT2D eigenvalue weighted by Crippen LogP contribution is 2.25. The Bertz CT molecular complexity index is 517. The predicted molar refractivity (Wildman–Crippen MR) is 71.5 cm³/mol. The molecule has 1 aliphatic rings. The molecule has 1 aromatic carbocycles. The van der Waals surface area contributed by atoms with Crippen molar-refractivity contribution in [2.45, 2.75) is 13.0 Å². The number of nitrogens with zero attached hydrogens (tertiary/aromatic N) is 2. The van der Waals surface area contributed by atoms with Crippen LogP contribution in [0.4, 0.5) is 5.69 Å². The van der Waals surface area contributed by atoms with Crippen molar-refractivity contribution in [2.75, 3.05) is 19.6 Å². The lowest BCUT2D eigenvalue weighted by atomic mass is 10.1. The summed E-state index contributed by atoms with van der Waals surface area (Å²) in [5.41, 5.74) is -0.161. The van der Waals surface area contributed by atoms with Gasteiger partial charge in [0.2, 0.25) is 0 Å². The normalized spacial score (nSPS) is 14.8. The summed E-state index contributed by atoms with van der Waals surface area (Å²) < 4.78 is 0. The van der Waals surface area contributed by atoms with Gasteiger partial charge in [-0.05, 0) is 19.1 Å². The van der Waals surface area contributed by atoms with Gasteiger partial charge >= 0.3 is 0 Å². The Labute approximate surface area is 115 Å². The molecule has 6 nitrogen and oxygen atoms in total. The monoisotopic (exact) mass is 283 g/mol. The zero-order valence-electron chi connectivity index (χ0n) is 10.4. The van der Waals surface area contributed by atoms with Crippen LogP contribution in [0.25, 0.3) is 0 Å². The Morgan fingerprint density at radius 3 is 2.74 bits per heavy atom. The molecule has 1 heterocycles. The number of halogens is 1. The summed E-state index contributed by atoms with van der Waals surface area (Å²) in [5.74, 6) is -0.322. The second-order valence-electron chi connectivity index (χ2n) is 4.32. The molecule has 102 valence electrons. The average Bonchev–Trinajstić information content (AvgIpc) is 2.32. The molecule has 0 aliphatic carbocycles. The Hall–Kier alpha value is -1.66. The molecule has 1 amide bonds. The van der Waals surface area contributed by atoms with E-state index in [1.54, 1.807) is 4.90 Å². The van der Waals surface area contributed by atoms with E-state index in [2.05, 4.69) is 5.32 Å². The van der Waals surface area contributed by atoms with Gasteiger partial charge in [-0.2, -0.15) is 0 Å². The van der Waals surface area contributed by atoms with Gasteiger partial charge in [-0.15, -0.1) is 0 Å². The molecular weight excluding hydrogens is 270 g/mol. The average molecular weight is 284 g/mol. The van der Waals surface area contributed by atoms with Crippen molar-refractivity contribution in [3.8, 4) is 0 Å². The first-order chi connectivity index (χ1) is 9.04. The number of nitrogens with one attached hydrogen (secondary N) is 1. The van der Waals surface area contributed by atoms with E-state index in [9.17, 15) is 14.9 Å². The minimum Gasteiger partial charge on any atom is -0.333 e. The molecule has 19 heavy (non-hydrogen) atoms. The summed E-state index contributed by atoms with van der Waals surface area (Å²) in [6.07, 6.45) is 0. The van der Waals surface area contributed by atoms with E-state index in [1.807, 2.05) is 6.92 Å². The highest BCUT2D eigenvalue weighted by molar-refractivity contribution is 6.31. The molecule has 0 atom stereocenters. The van der Waals surface area contributed by atoms with Crippen LogP contribution in [-0.2, 0) is 0 Å². The fourth-order valence-corrected chi connectivity index (χ4v) is 2.22. The summed E-state index contributed by atoms with van der Waals surface area (Å²) in [6.45, 7) is 3.82. The molecule has 2 rings (SSSR count). The lowest BCUT2D eigenvalue weighted by Crippen LogP contribution is -2.58. The van der Waals surface area contributed by atoms with Gasteiger partial charge in [0.1, 0.15) is 5.56 Å². The van der Waals surface area contributed by atoms with E-state index in [-0.39, 0.29) is 28.2 Å². The van der Waals surface area contributed by atoms with Gasteiger partial charge in [-0.1, -0.05) is 11.6 Å². The van der Waals surface area contributed by atoms with Crippen LogP contribution in [0.2, 0.25) is 5.02 Å². The van der Waals surface area contributed by atoms with E-state index in [0.29, 0.717) is 6.54 Å². The minimum atomic E-state index is -0.577. The van der Waals surface area contributed by atoms with Crippen molar-refractivity contribution in [2.24, 2.45) is 0 Å². The first kappa shape index (κ1) is 13.8. The van der Waals surface area contributed by atoms with Crippen LogP contribution < -0.4 is 5.32 Å². The van der Waals surface area contributed by atoms with Crippen LogP contribution in [0, 0.1) is 10.1 Å². The quantitative estimate of drug-likeness (QED) is 0.674. The van der Waals surface area contributed by atoms with Crippen LogP contribution in [0.3, 0.4) is 0 Å². The first-order valence-electron chi connectivity index (χ1n) is 6.00. The lowest BCUT2D eigenvalue weighted by molar-refractivity contribution is -0.385. The third-order valence-electron chi connectivity index (χ3n) is 3.19. The molecule has 0 bridgehead atoms. The number of rotatable bonds is 4. The topological polar surface area (TPSA) is 75.5 Å². The Balaban J connectivity index is 2.34. The van der Waals surface area contributed by atoms with E-state index < -0.39 is 4.92 Å². The number of nitro benzene ring substituents is 1. The molecule has 0 radical (unpaired) electrons.